The minimum atomic E-state index is -0.277. The molecule has 0 spiro atoms. The van der Waals surface area contributed by atoms with Crippen molar-refractivity contribution in [2.24, 2.45) is 5.73 Å². The van der Waals surface area contributed by atoms with Gasteiger partial charge < -0.3 is 16.4 Å². The summed E-state index contributed by atoms with van der Waals surface area (Å²) in [5.41, 5.74) is 9.75. The predicted octanol–water partition coefficient (Wildman–Crippen LogP) is 5.45. The molecule has 0 saturated carbocycles. The Morgan fingerprint density at radius 1 is 1.14 bits per heavy atom. The summed E-state index contributed by atoms with van der Waals surface area (Å²) in [4.78, 5) is 12.6. The van der Waals surface area contributed by atoms with E-state index in [2.05, 4.69) is 10.6 Å². The Bertz CT molecular complexity index is 931. The topological polar surface area (TPSA) is 67.2 Å². The zero-order valence-electron chi connectivity index (χ0n) is 16.5. The maximum Gasteiger partial charge on any atom is 0.269 e. The van der Waals surface area contributed by atoms with Crippen molar-refractivity contribution in [1.29, 1.82) is 0 Å². The summed E-state index contributed by atoms with van der Waals surface area (Å²) in [6.07, 6.45) is 5.55. The monoisotopic (exact) mass is 429 g/mol. The molecule has 0 bridgehead atoms. The molecule has 2 aromatic carbocycles. The van der Waals surface area contributed by atoms with E-state index in [0.29, 0.717) is 34.4 Å². The highest BCUT2D eigenvalue weighted by Crippen LogP contribution is 2.27. The average Bonchev–Trinajstić information content (AvgIpc) is 2.75. The molecule has 0 aliphatic rings. The molecule has 29 heavy (non-hydrogen) atoms. The smallest absolute Gasteiger partial charge is 0.269 e. The van der Waals surface area contributed by atoms with Gasteiger partial charge in [0, 0.05) is 34.1 Å². The highest BCUT2D eigenvalue weighted by atomic mass is 35.5. The third-order valence-electron chi connectivity index (χ3n) is 4.27. The summed E-state index contributed by atoms with van der Waals surface area (Å²) in [7, 11) is 0. The Morgan fingerprint density at radius 2 is 1.83 bits per heavy atom. The predicted molar refractivity (Wildman–Crippen MR) is 122 cm³/mol. The van der Waals surface area contributed by atoms with Gasteiger partial charge in [0.15, 0.2) is 0 Å². The SMILES string of the molecule is C/C=C(Cl)\C=C/N/C(C(=O)NCc1ccc(-c2ccccc2Cl)cc1)=C(\N)CC. The van der Waals surface area contributed by atoms with Crippen molar-refractivity contribution in [3.8, 4) is 11.1 Å². The minimum Gasteiger partial charge on any atom is -0.400 e. The van der Waals surface area contributed by atoms with Crippen LogP contribution in [0.1, 0.15) is 25.8 Å². The molecule has 0 heterocycles. The number of hydrogen-bond acceptors (Lipinski definition) is 3. The lowest BCUT2D eigenvalue weighted by molar-refractivity contribution is -0.118. The molecule has 0 atom stereocenters. The van der Waals surface area contributed by atoms with E-state index in [1.54, 1.807) is 18.4 Å². The van der Waals surface area contributed by atoms with Gasteiger partial charge in [-0.15, -0.1) is 0 Å². The first kappa shape index (κ1) is 22.6. The van der Waals surface area contributed by atoms with Crippen LogP contribution < -0.4 is 16.4 Å². The third-order valence-corrected chi connectivity index (χ3v) is 4.94. The van der Waals surface area contributed by atoms with E-state index in [9.17, 15) is 4.79 Å². The summed E-state index contributed by atoms with van der Waals surface area (Å²) in [6.45, 7) is 4.09. The molecular weight excluding hydrogens is 405 g/mol. The summed E-state index contributed by atoms with van der Waals surface area (Å²) in [6, 6.07) is 15.6. The maximum absolute atomic E-state index is 12.6. The molecule has 0 radical (unpaired) electrons. The van der Waals surface area contributed by atoms with Crippen LogP contribution in [0.15, 0.2) is 83.3 Å². The number of allylic oxidation sites excluding steroid dienone is 4. The third kappa shape index (κ3) is 6.70. The van der Waals surface area contributed by atoms with E-state index in [0.717, 1.165) is 16.7 Å². The van der Waals surface area contributed by atoms with Crippen molar-refractivity contribution in [2.75, 3.05) is 0 Å². The Labute approximate surface area is 182 Å². The lowest BCUT2D eigenvalue weighted by Crippen LogP contribution is -2.32. The van der Waals surface area contributed by atoms with Crippen LogP contribution in [0.3, 0.4) is 0 Å². The Hall–Kier alpha value is -2.69. The van der Waals surface area contributed by atoms with E-state index in [1.165, 1.54) is 0 Å². The summed E-state index contributed by atoms with van der Waals surface area (Å²) in [5, 5.41) is 7.09. The van der Waals surface area contributed by atoms with E-state index >= 15 is 0 Å². The molecule has 6 heteroatoms. The average molecular weight is 430 g/mol. The van der Waals surface area contributed by atoms with Crippen molar-refractivity contribution in [3.05, 3.63) is 93.9 Å². The number of benzene rings is 2. The van der Waals surface area contributed by atoms with Gasteiger partial charge in [-0.3, -0.25) is 4.79 Å². The first-order valence-corrected chi connectivity index (χ1v) is 10.1. The molecule has 4 N–H and O–H groups in total. The fourth-order valence-corrected chi connectivity index (χ4v) is 2.86. The van der Waals surface area contributed by atoms with E-state index in [4.69, 9.17) is 28.9 Å². The van der Waals surface area contributed by atoms with Crippen LogP contribution in [-0.4, -0.2) is 5.91 Å². The largest absolute Gasteiger partial charge is 0.400 e. The molecule has 0 aliphatic carbocycles. The zero-order valence-corrected chi connectivity index (χ0v) is 18.0. The maximum atomic E-state index is 12.6. The number of hydrogen-bond donors (Lipinski definition) is 3. The highest BCUT2D eigenvalue weighted by molar-refractivity contribution is 6.33. The fourth-order valence-electron chi connectivity index (χ4n) is 2.55. The number of halogens is 2. The van der Waals surface area contributed by atoms with Gasteiger partial charge in [0.2, 0.25) is 0 Å². The highest BCUT2D eigenvalue weighted by Gasteiger charge is 2.12. The molecule has 0 unspecified atom stereocenters. The first-order chi connectivity index (χ1) is 14.0. The summed E-state index contributed by atoms with van der Waals surface area (Å²) >= 11 is 12.2. The van der Waals surface area contributed by atoms with Gasteiger partial charge in [-0.2, -0.15) is 0 Å². The van der Waals surface area contributed by atoms with Crippen LogP contribution in [0.25, 0.3) is 11.1 Å². The molecule has 0 aromatic heterocycles. The van der Waals surface area contributed by atoms with Gasteiger partial charge in [0.25, 0.3) is 5.91 Å². The second kappa shape index (κ2) is 11.3. The lowest BCUT2D eigenvalue weighted by atomic mass is 10.0. The van der Waals surface area contributed by atoms with Crippen molar-refractivity contribution in [1.82, 2.24) is 10.6 Å². The van der Waals surface area contributed by atoms with Crippen LogP contribution in [0.5, 0.6) is 0 Å². The second-order valence-corrected chi connectivity index (χ2v) is 7.11. The molecule has 2 aromatic rings. The fraction of sp³-hybridized carbons (Fsp3) is 0.174. The van der Waals surface area contributed by atoms with Crippen molar-refractivity contribution in [3.63, 3.8) is 0 Å². The normalized spacial score (nSPS) is 12.6. The lowest BCUT2D eigenvalue weighted by Gasteiger charge is -2.12. The molecule has 0 aliphatic heterocycles. The van der Waals surface area contributed by atoms with Gasteiger partial charge >= 0.3 is 0 Å². The number of rotatable bonds is 8. The summed E-state index contributed by atoms with van der Waals surface area (Å²) < 4.78 is 0. The molecular formula is C23H25Cl2N3O. The standard InChI is InChI=1S/C23H25Cl2N3O/c1-3-18(24)13-14-27-22(21(26)4-2)23(29)28-15-16-9-11-17(12-10-16)19-7-5-6-8-20(19)25/h3,5-14,27H,4,15,26H2,1-2H3,(H,28,29)/b14-13-,18-3+,22-21-. The number of amides is 1. The van der Waals surface area contributed by atoms with E-state index in [1.807, 2.05) is 62.4 Å². The molecule has 1 amide bonds. The molecule has 0 saturated heterocycles. The first-order valence-electron chi connectivity index (χ1n) is 9.31. The van der Waals surface area contributed by atoms with Crippen LogP contribution in [0.4, 0.5) is 0 Å². The van der Waals surface area contributed by atoms with E-state index < -0.39 is 0 Å². The second-order valence-electron chi connectivity index (χ2n) is 6.26. The van der Waals surface area contributed by atoms with Gasteiger partial charge in [-0.25, -0.2) is 0 Å². The quantitative estimate of drug-likeness (QED) is 0.385. The number of carbonyl (C=O) groups excluding carboxylic acids is 1. The van der Waals surface area contributed by atoms with Gasteiger partial charge in [0.05, 0.1) is 0 Å². The van der Waals surface area contributed by atoms with Crippen LogP contribution in [-0.2, 0) is 11.3 Å². The molecule has 2 rings (SSSR count). The van der Waals surface area contributed by atoms with Crippen LogP contribution in [0.2, 0.25) is 5.02 Å². The van der Waals surface area contributed by atoms with Gasteiger partial charge in [-0.1, -0.05) is 78.7 Å². The van der Waals surface area contributed by atoms with Gasteiger partial charge in [0.1, 0.15) is 5.70 Å². The van der Waals surface area contributed by atoms with Crippen LogP contribution in [0, 0.1) is 0 Å². The van der Waals surface area contributed by atoms with Crippen molar-refractivity contribution in [2.45, 2.75) is 26.8 Å². The molecule has 0 fully saturated rings. The molecule has 152 valence electrons. The number of carbonyl (C=O) groups is 1. The molecule has 4 nitrogen and oxygen atoms in total. The Kier molecular flexibility index (Phi) is 8.84. The zero-order chi connectivity index (χ0) is 21.2. The Balaban J connectivity index is 2.04. The van der Waals surface area contributed by atoms with Crippen molar-refractivity contribution < 1.29 is 4.79 Å². The number of nitrogens with one attached hydrogen (secondary N) is 2. The van der Waals surface area contributed by atoms with Crippen LogP contribution >= 0.6 is 23.2 Å². The number of nitrogens with two attached hydrogens (primary N) is 1. The summed E-state index contributed by atoms with van der Waals surface area (Å²) in [5.74, 6) is -0.277. The van der Waals surface area contributed by atoms with Crippen molar-refractivity contribution >= 4 is 29.1 Å². The van der Waals surface area contributed by atoms with Gasteiger partial charge in [-0.05, 0) is 36.6 Å². The minimum absolute atomic E-state index is 0.277. The Morgan fingerprint density at radius 3 is 2.45 bits per heavy atom. The van der Waals surface area contributed by atoms with E-state index in [-0.39, 0.29) is 5.91 Å².